The molecule has 0 radical (unpaired) electrons. The summed E-state index contributed by atoms with van der Waals surface area (Å²) in [5.74, 6) is 3.68. The van der Waals surface area contributed by atoms with Crippen LogP contribution in [0.1, 0.15) is 17.7 Å². The lowest BCUT2D eigenvalue weighted by atomic mass is 10.0. The largest absolute Gasteiger partial charge is 0.316 e. The van der Waals surface area contributed by atoms with Crippen LogP contribution in [0.4, 0.5) is 0 Å². The molecule has 2 heterocycles. The predicted molar refractivity (Wildman–Crippen MR) is 70.9 cm³/mol. The average Bonchev–Trinajstić information content (AvgIpc) is 2.79. The molecule has 1 aromatic heterocycles. The fourth-order valence-electron chi connectivity index (χ4n) is 1.92. The van der Waals surface area contributed by atoms with Crippen LogP contribution >= 0.6 is 23.1 Å². The number of hydrogen-bond acceptors (Lipinski definition) is 3. The van der Waals surface area contributed by atoms with Crippen LogP contribution < -0.4 is 5.32 Å². The zero-order valence-electron chi connectivity index (χ0n) is 9.08. The number of thioether (sulfide) groups is 1. The van der Waals surface area contributed by atoms with Crippen molar-refractivity contribution in [3.8, 4) is 0 Å². The molecule has 1 aliphatic heterocycles. The lowest BCUT2D eigenvalue weighted by Gasteiger charge is -2.21. The first-order valence-corrected chi connectivity index (χ1v) is 7.79. The predicted octanol–water partition coefficient (Wildman–Crippen LogP) is 3.02. The minimum Gasteiger partial charge on any atom is -0.316 e. The Kier molecular flexibility index (Phi) is 5.03. The van der Waals surface area contributed by atoms with Crippen LogP contribution in [0, 0.1) is 5.92 Å². The Morgan fingerprint density at radius 2 is 2.20 bits per heavy atom. The van der Waals surface area contributed by atoms with E-state index in [0.717, 1.165) is 12.5 Å². The van der Waals surface area contributed by atoms with E-state index in [9.17, 15) is 0 Å². The van der Waals surface area contributed by atoms with Crippen molar-refractivity contribution in [2.24, 2.45) is 5.92 Å². The van der Waals surface area contributed by atoms with E-state index < -0.39 is 0 Å². The van der Waals surface area contributed by atoms with Crippen molar-refractivity contribution in [1.29, 1.82) is 0 Å². The Hall–Kier alpha value is 0.01000. The maximum absolute atomic E-state index is 3.59. The number of hydrogen-bond donors (Lipinski definition) is 1. The maximum atomic E-state index is 3.59. The zero-order chi connectivity index (χ0) is 10.3. The van der Waals surface area contributed by atoms with Crippen LogP contribution in [0.25, 0.3) is 0 Å². The average molecular weight is 241 g/mol. The van der Waals surface area contributed by atoms with Crippen LogP contribution in [-0.4, -0.2) is 24.6 Å². The molecule has 2 rings (SSSR count). The molecule has 15 heavy (non-hydrogen) atoms. The summed E-state index contributed by atoms with van der Waals surface area (Å²) in [7, 11) is 0. The first-order valence-electron chi connectivity index (χ1n) is 5.76. The van der Waals surface area contributed by atoms with Gasteiger partial charge >= 0.3 is 0 Å². The molecular formula is C12H19NS2. The summed E-state index contributed by atoms with van der Waals surface area (Å²) >= 11 is 3.98. The zero-order valence-corrected chi connectivity index (χ0v) is 10.7. The summed E-state index contributed by atoms with van der Waals surface area (Å²) < 4.78 is 0. The smallest absolute Gasteiger partial charge is 0.00578 e. The molecule has 0 unspecified atom stereocenters. The van der Waals surface area contributed by atoms with E-state index in [0.29, 0.717) is 0 Å². The maximum Gasteiger partial charge on any atom is 0.00578 e. The van der Waals surface area contributed by atoms with Gasteiger partial charge in [-0.25, -0.2) is 0 Å². The van der Waals surface area contributed by atoms with E-state index in [2.05, 4.69) is 34.6 Å². The van der Waals surface area contributed by atoms with E-state index in [4.69, 9.17) is 0 Å². The van der Waals surface area contributed by atoms with Crippen molar-refractivity contribution < 1.29 is 0 Å². The fraction of sp³-hybridized carbons (Fsp3) is 0.667. The van der Waals surface area contributed by atoms with Gasteiger partial charge in [-0.05, 0) is 61.2 Å². The van der Waals surface area contributed by atoms with Crippen molar-refractivity contribution >= 4 is 23.1 Å². The molecule has 1 aliphatic rings. The van der Waals surface area contributed by atoms with E-state index >= 15 is 0 Å². The molecule has 0 aromatic carbocycles. The highest BCUT2D eigenvalue weighted by Crippen LogP contribution is 2.21. The van der Waals surface area contributed by atoms with Crippen molar-refractivity contribution in [2.45, 2.75) is 19.3 Å². The van der Waals surface area contributed by atoms with E-state index in [-0.39, 0.29) is 0 Å². The summed E-state index contributed by atoms with van der Waals surface area (Å²) in [6, 6.07) is 4.36. The Morgan fingerprint density at radius 3 is 2.93 bits per heavy atom. The van der Waals surface area contributed by atoms with Crippen LogP contribution in [0.5, 0.6) is 0 Å². The summed E-state index contributed by atoms with van der Waals surface area (Å²) in [4.78, 5) is 1.50. The van der Waals surface area contributed by atoms with Crippen LogP contribution in [-0.2, 0) is 6.42 Å². The molecule has 1 fully saturated rings. The quantitative estimate of drug-likeness (QED) is 0.795. The van der Waals surface area contributed by atoms with Gasteiger partial charge in [0.2, 0.25) is 0 Å². The molecule has 0 spiro atoms. The van der Waals surface area contributed by atoms with Crippen molar-refractivity contribution in [1.82, 2.24) is 5.32 Å². The molecule has 3 heteroatoms. The summed E-state index contributed by atoms with van der Waals surface area (Å²) in [6.45, 7) is 2.37. The molecule has 84 valence electrons. The molecule has 0 saturated carbocycles. The van der Waals surface area contributed by atoms with Gasteiger partial charge in [0.05, 0.1) is 0 Å². The lowest BCUT2D eigenvalue weighted by Crippen LogP contribution is -2.27. The van der Waals surface area contributed by atoms with Crippen molar-refractivity contribution in [3.05, 3.63) is 22.4 Å². The van der Waals surface area contributed by atoms with E-state index in [1.807, 2.05) is 11.3 Å². The lowest BCUT2D eigenvalue weighted by molar-refractivity contribution is 0.450. The van der Waals surface area contributed by atoms with Crippen molar-refractivity contribution in [2.75, 3.05) is 24.6 Å². The first kappa shape index (κ1) is 11.5. The van der Waals surface area contributed by atoms with Crippen molar-refractivity contribution in [3.63, 3.8) is 0 Å². The third-order valence-electron chi connectivity index (χ3n) is 2.90. The van der Waals surface area contributed by atoms with Gasteiger partial charge in [0.25, 0.3) is 0 Å². The van der Waals surface area contributed by atoms with Gasteiger partial charge in [-0.2, -0.15) is 11.8 Å². The fourth-order valence-corrected chi connectivity index (χ4v) is 3.84. The molecule has 0 atom stereocenters. The molecular weight excluding hydrogens is 222 g/mol. The van der Waals surface area contributed by atoms with Crippen LogP contribution in [0.3, 0.4) is 0 Å². The summed E-state index contributed by atoms with van der Waals surface area (Å²) in [6.07, 6.45) is 4.02. The number of nitrogens with one attached hydrogen (secondary N) is 1. The standard InChI is InChI=1S/C12H19NS2/c1-2-12(15-7-1)3-6-13-10-11-4-8-14-9-5-11/h1-2,7,11,13H,3-6,8-10H2. The van der Waals surface area contributed by atoms with Crippen LogP contribution in [0.2, 0.25) is 0 Å². The van der Waals surface area contributed by atoms with Gasteiger partial charge in [0.15, 0.2) is 0 Å². The number of thiophene rings is 1. The highest BCUT2D eigenvalue weighted by molar-refractivity contribution is 7.99. The molecule has 1 nitrogen and oxygen atoms in total. The Bertz CT molecular complexity index is 253. The second-order valence-corrected chi connectivity index (χ2v) is 6.35. The second kappa shape index (κ2) is 6.56. The van der Waals surface area contributed by atoms with E-state index in [1.165, 1.54) is 42.2 Å². The Balaban J connectivity index is 1.54. The molecule has 1 saturated heterocycles. The third-order valence-corrected chi connectivity index (χ3v) is 4.89. The normalized spacial score (nSPS) is 18.1. The monoisotopic (exact) mass is 241 g/mol. The minimum absolute atomic E-state index is 0.939. The molecule has 0 amide bonds. The van der Waals surface area contributed by atoms with Gasteiger partial charge in [0, 0.05) is 4.88 Å². The first-order chi connectivity index (χ1) is 7.45. The Morgan fingerprint density at radius 1 is 1.33 bits per heavy atom. The van der Waals surface area contributed by atoms with Gasteiger partial charge in [-0.15, -0.1) is 11.3 Å². The van der Waals surface area contributed by atoms with Gasteiger partial charge in [-0.3, -0.25) is 0 Å². The van der Waals surface area contributed by atoms with Crippen LogP contribution in [0.15, 0.2) is 17.5 Å². The van der Waals surface area contributed by atoms with Gasteiger partial charge in [-0.1, -0.05) is 6.07 Å². The molecule has 0 bridgehead atoms. The Labute approximate surface area is 101 Å². The summed E-state index contributed by atoms with van der Waals surface area (Å²) in [5, 5.41) is 5.75. The highest BCUT2D eigenvalue weighted by atomic mass is 32.2. The number of rotatable bonds is 5. The third kappa shape index (κ3) is 4.17. The SMILES string of the molecule is c1csc(CCNCC2CCSCC2)c1. The minimum atomic E-state index is 0.939. The van der Waals surface area contributed by atoms with E-state index in [1.54, 1.807) is 0 Å². The molecule has 0 aliphatic carbocycles. The summed E-state index contributed by atoms with van der Waals surface area (Å²) in [5.41, 5.74) is 0. The molecule has 1 aromatic rings. The van der Waals surface area contributed by atoms with Gasteiger partial charge < -0.3 is 5.32 Å². The van der Waals surface area contributed by atoms with Gasteiger partial charge in [0.1, 0.15) is 0 Å². The molecule has 1 N–H and O–H groups in total. The topological polar surface area (TPSA) is 12.0 Å². The second-order valence-electron chi connectivity index (χ2n) is 4.09. The highest BCUT2D eigenvalue weighted by Gasteiger charge is 2.12.